The molecule has 2 heterocycles. The highest BCUT2D eigenvalue weighted by atomic mass is 16.2. The molecule has 0 aliphatic rings. The fourth-order valence-electron chi connectivity index (χ4n) is 4.35. The minimum atomic E-state index is -0.550. The van der Waals surface area contributed by atoms with Crippen molar-refractivity contribution in [3.8, 4) is 0 Å². The van der Waals surface area contributed by atoms with Crippen molar-refractivity contribution in [2.45, 2.75) is 53.4 Å². The van der Waals surface area contributed by atoms with Crippen LogP contribution in [0.5, 0.6) is 0 Å². The molecular formula is C27H31N5O3. The molecule has 8 heteroatoms. The van der Waals surface area contributed by atoms with Gasteiger partial charge in [0.1, 0.15) is 6.54 Å². The Balaban J connectivity index is 1.86. The molecule has 0 atom stereocenters. The number of benzene rings is 2. The van der Waals surface area contributed by atoms with Crippen LogP contribution in [0.15, 0.2) is 76.6 Å². The van der Waals surface area contributed by atoms with Crippen LogP contribution in [0.3, 0.4) is 0 Å². The van der Waals surface area contributed by atoms with Crippen molar-refractivity contribution in [1.29, 1.82) is 0 Å². The zero-order valence-corrected chi connectivity index (χ0v) is 20.6. The lowest BCUT2D eigenvalue weighted by molar-refractivity contribution is -0.119. The molecule has 1 amide bonds. The number of carbonyl (C=O) groups is 1. The van der Waals surface area contributed by atoms with Gasteiger partial charge in [-0.05, 0) is 37.5 Å². The topological polar surface area (TPSA) is 82.1 Å². The van der Waals surface area contributed by atoms with Gasteiger partial charge in [-0.2, -0.15) is 0 Å². The van der Waals surface area contributed by atoms with E-state index in [1.165, 1.54) is 4.57 Å². The number of hydrogen-bond donors (Lipinski definition) is 0. The van der Waals surface area contributed by atoms with Crippen molar-refractivity contribution in [1.82, 2.24) is 18.7 Å². The number of para-hydroxylation sites is 1. The number of carbonyl (C=O) groups excluding carboxylic acids is 1. The number of aromatic nitrogens is 4. The molecule has 4 rings (SSSR count). The van der Waals surface area contributed by atoms with Crippen LogP contribution >= 0.6 is 0 Å². The van der Waals surface area contributed by atoms with E-state index in [1.807, 2.05) is 88.4 Å². The van der Waals surface area contributed by atoms with Gasteiger partial charge >= 0.3 is 5.69 Å². The third kappa shape index (κ3) is 4.96. The van der Waals surface area contributed by atoms with E-state index < -0.39 is 11.2 Å². The third-order valence-electron chi connectivity index (χ3n) is 5.84. The highest BCUT2D eigenvalue weighted by Crippen LogP contribution is 2.17. The van der Waals surface area contributed by atoms with Gasteiger partial charge in [0.25, 0.3) is 5.56 Å². The maximum atomic E-state index is 13.6. The summed E-state index contributed by atoms with van der Waals surface area (Å²) in [5, 5.41) is 0. The van der Waals surface area contributed by atoms with E-state index in [0.717, 1.165) is 15.8 Å². The number of amides is 1. The van der Waals surface area contributed by atoms with Crippen molar-refractivity contribution < 1.29 is 4.79 Å². The normalized spacial score (nSPS) is 11.5. The summed E-state index contributed by atoms with van der Waals surface area (Å²) in [5.74, 6) is -0.0585. The predicted octanol–water partition coefficient (Wildman–Crippen LogP) is 3.51. The highest BCUT2D eigenvalue weighted by Gasteiger charge is 2.24. The summed E-state index contributed by atoms with van der Waals surface area (Å²) < 4.78 is 4.31. The highest BCUT2D eigenvalue weighted by molar-refractivity contribution is 5.93. The monoisotopic (exact) mass is 473 g/mol. The van der Waals surface area contributed by atoms with Gasteiger partial charge in [0, 0.05) is 18.3 Å². The molecule has 4 aromatic rings. The molecule has 0 unspecified atom stereocenters. The van der Waals surface area contributed by atoms with Gasteiger partial charge in [0.15, 0.2) is 11.2 Å². The molecule has 0 bridgehead atoms. The van der Waals surface area contributed by atoms with Crippen LogP contribution in [0, 0.1) is 5.92 Å². The first-order valence-corrected chi connectivity index (χ1v) is 11.9. The molecule has 0 aliphatic heterocycles. The first kappa shape index (κ1) is 24.2. The van der Waals surface area contributed by atoms with E-state index in [2.05, 4.69) is 4.98 Å². The van der Waals surface area contributed by atoms with Crippen molar-refractivity contribution in [2.24, 2.45) is 5.92 Å². The molecule has 2 aromatic carbocycles. The predicted molar refractivity (Wildman–Crippen MR) is 138 cm³/mol. The molecule has 35 heavy (non-hydrogen) atoms. The fraction of sp³-hybridized carbons (Fsp3) is 0.333. The Labute approximate surface area is 204 Å². The summed E-state index contributed by atoms with van der Waals surface area (Å²) in [6.07, 6.45) is 1.60. The molecule has 0 N–H and O–H groups in total. The van der Waals surface area contributed by atoms with Crippen LogP contribution in [-0.2, 0) is 24.4 Å². The SMILES string of the molecule is CC(C)Cn1cnc2c1c(=O)n(CC(=O)N(c1ccccc1)C(C)C)c(=O)n2Cc1ccccc1. The summed E-state index contributed by atoms with van der Waals surface area (Å²) in [6, 6.07) is 18.7. The Hall–Kier alpha value is -3.94. The van der Waals surface area contributed by atoms with Crippen molar-refractivity contribution in [3.63, 3.8) is 0 Å². The summed E-state index contributed by atoms with van der Waals surface area (Å²) in [4.78, 5) is 46.7. The third-order valence-corrected chi connectivity index (χ3v) is 5.84. The second kappa shape index (κ2) is 10.1. The van der Waals surface area contributed by atoms with Gasteiger partial charge in [-0.15, -0.1) is 0 Å². The van der Waals surface area contributed by atoms with Gasteiger partial charge in [0.05, 0.1) is 12.9 Å². The van der Waals surface area contributed by atoms with Crippen LogP contribution < -0.4 is 16.1 Å². The lowest BCUT2D eigenvalue weighted by Crippen LogP contribution is -2.47. The quantitative estimate of drug-likeness (QED) is 0.392. The Morgan fingerprint density at radius 1 is 0.914 bits per heavy atom. The van der Waals surface area contributed by atoms with Gasteiger partial charge < -0.3 is 9.47 Å². The number of nitrogens with zero attached hydrogens (tertiary/aromatic N) is 5. The molecule has 0 aliphatic carbocycles. The lowest BCUT2D eigenvalue weighted by atomic mass is 10.2. The Morgan fingerprint density at radius 2 is 1.54 bits per heavy atom. The molecule has 0 saturated carbocycles. The summed E-state index contributed by atoms with van der Waals surface area (Å²) >= 11 is 0. The Bertz CT molecular complexity index is 1430. The van der Waals surface area contributed by atoms with E-state index in [9.17, 15) is 14.4 Å². The maximum Gasteiger partial charge on any atom is 0.333 e. The van der Waals surface area contributed by atoms with E-state index in [0.29, 0.717) is 17.7 Å². The average Bonchev–Trinajstić information content (AvgIpc) is 3.23. The molecular weight excluding hydrogens is 442 g/mol. The molecule has 0 spiro atoms. The van der Waals surface area contributed by atoms with Gasteiger partial charge in [-0.1, -0.05) is 62.4 Å². The van der Waals surface area contributed by atoms with E-state index >= 15 is 0 Å². The minimum Gasteiger partial charge on any atom is -0.324 e. The summed E-state index contributed by atoms with van der Waals surface area (Å²) in [5.41, 5.74) is 1.23. The minimum absolute atomic E-state index is 0.151. The average molecular weight is 474 g/mol. The van der Waals surface area contributed by atoms with Gasteiger partial charge in [-0.25, -0.2) is 14.3 Å². The van der Waals surface area contributed by atoms with Gasteiger partial charge in [0.2, 0.25) is 5.91 Å². The van der Waals surface area contributed by atoms with Crippen molar-refractivity contribution in [2.75, 3.05) is 4.90 Å². The summed E-state index contributed by atoms with van der Waals surface area (Å²) in [7, 11) is 0. The molecule has 182 valence electrons. The second-order valence-electron chi connectivity index (χ2n) is 9.40. The molecule has 2 aromatic heterocycles. The lowest BCUT2D eigenvalue weighted by Gasteiger charge is -2.27. The summed E-state index contributed by atoms with van der Waals surface area (Å²) in [6.45, 7) is 8.37. The van der Waals surface area contributed by atoms with Crippen LogP contribution in [0.25, 0.3) is 11.2 Å². The largest absolute Gasteiger partial charge is 0.333 e. The number of hydrogen-bond acceptors (Lipinski definition) is 4. The molecule has 0 saturated heterocycles. The van der Waals surface area contributed by atoms with E-state index in [4.69, 9.17) is 0 Å². The number of rotatable bonds is 8. The standard InChI is InChI=1S/C27H31N5O3/c1-19(2)15-29-18-28-25-24(29)26(34)31(27(35)30(25)16-21-11-7-5-8-12-21)17-23(33)32(20(3)4)22-13-9-6-10-14-22/h5-14,18-20H,15-17H2,1-4H3. The van der Waals surface area contributed by atoms with Gasteiger partial charge in [-0.3, -0.25) is 14.2 Å². The van der Waals surface area contributed by atoms with Crippen LogP contribution in [-0.4, -0.2) is 30.6 Å². The number of anilines is 1. The second-order valence-corrected chi connectivity index (χ2v) is 9.40. The molecule has 0 fully saturated rings. The Kier molecular flexibility index (Phi) is 7.00. The van der Waals surface area contributed by atoms with Crippen molar-refractivity contribution in [3.05, 3.63) is 93.4 Å². The van der Waals surface area contributed by atoms with Crippen LogP contribution in [0.2, 0.25) is 0 Å². The van der Waals surface area contributed by atoms with E-state index in [-0.39, 0.29) is 31.0 Å². The van der Waals surface area contributed by atoms with Crippen LogP contribution in [0.1, 0.15) is 33.3 Å². The zero-order valence-electron chi connectivity index (χ0n) is 20.6. The number of fused-ring (bicyclic) bond motifs is 1. The molecule has 0 radical (unpaired) electrons. The van der Waals surface area contributed by atoms with Crippen molar-refractivity contribution >= 4 is 22.8 Å². The first-order valence-electron chi connectivity index (χ1n) is 11.9. The first-order chi connectivity index (χ1) is 16.8. The maximum absolute atomic E-state index is 13.6. The van der Waals surface area contributed by atoms with E-state index in [1.54, 1.807) is 15.8 Å². The smallest absolute Gasteiger partial charge is 0.324 e. The zero-order chi connectivity index (χ0) is 25.1. The Morgan fingerprint density at radius 3 is 2.14 bits per heavy atom. The molecule has 8 nitrogen and oxygen atoms in total. The van der Waals surface area contributed by atoms with Crippen LogP contribution in [0.4, 0.5) is 5.69 Å². The number of imidazole rings is 1. The fourth-order valence-corrected chi connectivity index (χ4v) is 4.35.